The van der Waals surface area contributed by atoms with Crippen LogP contribution in [0, 0.1) is 5.92 Å². The maximum absolute atomic E-state index is 6.03. The molecule has 2 heterocycles. The van der Waals surface area contributed by atoms with Gasteiger partial charge >= 0.3 is 0 Å². The average Bonchev–Trinajstić information content (AvgIpc) is 2.39. The summed E-state index contributed by atoms with van der Waals surface area (Å²) in [7, 11) is 0. The Morgan fingerprint density at radius 3 is 2.89 bits per heavy atom. The van der Waals surface area contributed by atoms with Crippen molar-refractivity contribution in [1.82, 2.24) is 4.98 Å². The molecule has 3 nitrogen and oxygen atoms in total. The van der Waals surface area contributed by atoms with E-state index in [-0.39, 0.29) is 0 Å². The molecule has 1 fully saturated rings. The first-order chi connectivity index (χ1) is 9.16. The lowest BCUT2D eigenvalue weighted by Gasteiger charge is -2.38. The third-order valence-corrected chi connectivity index (χ3v) is 4.23. The van der Waals surface area contributed by atoms with Gasteiger partial charge in [0.15, 0.2) is 0 Å². The van der Waals surface area contributed by atoms with Crippen molar-refractivity contribution in [3.05, 3.63) is 30.5 Å². The summed E-state index contributed by atoms with van der Waals surface area (Å²) in [6.07, 6.45) is 4.39. The molecule has 1 saturated heterocycles. The maximum Gasteiger partial charge on any atom is 0.0951 e. The Hall–Kier alpha value is -1.77. The van der Waals surface area contributed by atoms with Crippen molar-refractivity contribution in [3.8, 4) is 0 Å². The molecule has 2 atom stereocenters. The molecule has 0 bridgehead atoms. The molecule has 0 radical (unpaired) electrons. The number of piperidine rings is 1. The Balaban J connectivity index is 2.08. The van der Waals surface area contributed by atoms with E-state index in [0.717, 1.165) is 23.7 Å². The molecular weight excluding hydrogens is 234 g/mol. The van der Waals surface area contributed by atoms with Gasteiger partial charge in [-0.3, -0.25) is 4.98 Å². The highest BCUT2D eigenvalue weighted by Crippen LogP contribution is 2.33. The first-order valence-electron chi connectivity index (χ1n) is 7.06. The third-order valence-electron chi connectivity index (χ3n) is 4.23. The SMILES string of the molecule is CC1CCN(c2ccnc3c(N)cccc23)C(C)C1. The van der Waals surface area contributed by atoms with Crippen molar-refractivity contribution < 1.29 is 0 Å². The second-order valence-electron chi connectivity index (χ2n) is 5.75. The van der Waals surface area contributed by atoms with Crippen molar-refractivity contribution in [2.45, 2.75) is 32.7 Å². The van der Waals surface area contributed by atoms with Crippen LogP contribution in [0.5, 0.6) is 0 Å². The van der Waals surface area contributed by atoms with Gasteiger partial charge in [-0.2, -0.15) is 0 Å². The first-order valence-corrected chi connectivity index (χ1v) is 7.06. The summed E-state index contributed by atoms with van der Waals surface area (Å²) >= 11 is 0. The molecule has 0 saturated carbocycles. The number of pyridine rings is 1. The second-order valence-corrected chi connectivity index (χ2v) is 5.75. The number of fused-ring (bicyclic) bond motifs is 1. The summed E-state index contributed by atoms with van der Waals surface area (Å²) in [5, 5.41) is 1.17. The van der Waals surface area contributed by atoms with E-state index in [0.29, 0.717) is 6.04 Å². The van der Waals surface area contributed by atoms with E-state index < -0.39 is 0 Å². The Morgan fingerprint density at radius 2 is 2.11 bits per heavy atom. The molecule has 2 aromatic rings. The summed E-state index contributed by atoms with van der Waals surface area (Å²) in [5.41, 5.74) is 8.99. The second kappa shape index (κ2) is 4.72. The molecular formula is C16H21N3. The highest BCUT2D eigenvalue weighted by Gasteiger charge is 2.24. The van der Waals surface area contributed by atoms with Gasteiger partial charge < -0.3 is 10.6 Å². The van der Waals surface area contributed by atoms with Crippen molar-refractivity contribution in [2.24, 2.45) is 5.92 Å². The van der Waals surface area contributed by atoms with E-state index in [9.17, 15) is 0 Å². The van der Waals surface area contributed by atoms with Gasteiger partial charge in [0.25, 0.3) is 0 Å². The van der Waals surface area contributed by atoms with Gasteiger partial charge in [0.1, 0.15) is 0 Å². The zero-order valence-electron chi connectivity index (χ0n) is 11.6. The van der Waals surface area contributed by atoms with Crippen LogP contribution in [0.2, 0.25) is 0 Å². The molecule has 1 aliphatic heterocycles. The zero-order valence-corrected chi connectivity index (χ0v) is 11.6. The fourth-order valence-corrected chi connectivity index (χ4v) is 3.20. The topological polar surface area (TPSA) is 42.2 Å². The number of hydrogen-bond donors (Lipinski definition) is 1. The van der Waals surface area contributed by atoms with Gasteiger partial charge in [0.05, 0.1) is 11.2 Å². The van der Waals surface area contributed by atoms with Crippen LogP contribution in [0.4, 0.5) is 11.4 Å². The minimum absolute atomic E-state index is 0.579. The molecule has 0 amide bonds. The number of para-hydroxylation sites is 1. The van der Waals surface area contributed by atoms with Crippen molar-refractivity contribution in [1.29, 1.82) is 0 Å². The molecule has 100 valence electrons. The van der Waals surface area contributed by atoms with Crippen LogP contribution in [-0.2, 0) is 0 Å². The number of nitrogen functional groups attached to an aromatic ring is 1. The number of benzene rings is 1. The van der Waals surface area contributed by atoms with Gasteiger partial charge in [0.2, 0.25) is 0 Å². The normalized spacial score (nSPS) is 23.8. The largest absolute Gasteiger partial charge is 0.397 e. The molecule has 1 aromatic heterocycles. The number of hydrogen-bond acceptors (Lipinski definition) is 3. The molecule has 3 heteroatoms. The highest BCUT2D eigenvalue weighted by atomic mass is 15.2. The number of rotatable bonds is 1. The summed E-state index contributed by atoms with van der Waals surface area (Å²) in [6, 6.07) is 8.75. The Labute approximate surface area is 114 Å². The van der Waals surface area contributed by atoms with Crippen LogP contribution in [0.15, 0.2) is 30.5 Å². The number of aromatic nitrogens is 1. The van der Waals surface area contributed by atoms with Crippen LogP contribution in [0.25, 0.3) is 10.9 Å². The Bertz CT molecular complexity index is 594. The summed E-state index contributed by atoms with van der Waals surface area (Å²) in [4.78, 5) is 6.93. The zero-order chi connectivity index (χ0) is 13.4. The van der Waals surface area contributed by atoms with Gasteiger partial charge in [-0.25, -0.2) is 0 Å². The Kier molecular flexibility index (Phi) is 3.05. The van der Waals surface area contributed by atoms with Crippen molar-refractivity contribution in [2.75, 3.05) is 17.2 Å². The smallest absolute Gasteiger partial charge is 0.0951 e. The molecule has 1 aliphatic rings. The highest BCUT2D eigenvalue weighted by molar-refractivity contribution is 5.98. The minimum atomic E-state index is 0.579. The molecule has 19 heavy (non-hydrogen) atoms. The minimum Gasteiger partial charge on any atom is -0.397 e. The van der Waals surface area contributed by atoms with Crippen molar-refractivity contribution in [3.63, 3.8) is 0 Å². The van der Waals surface area contributed by atoms with E-state index in [1.54, 1.807) is 0 Å². The molecule has 1 aromatic carbocycles. The molecule has 2 N–H and O–H groups in total. The standard InChI is InChI=1S/C16H21N3/c1-11-7-9-19(12(2)10-11)15-6-8-18-16-13(15)4-3-5-14(16)17/h3-6,8,11-12H,7,9-10,17H2,1-2H3. The molecule has 0 aliphatic carbocycles. The predicted molar refractivity (Wildman–Crippen MR) is 81.4 cm³/mol. The fourth-order valence-electron chi connectivity index (χ4n) is 3.20. The molecule has 3 rings (SSSR count). The van der Waals surface area contributed by atoms with Crippen molar-refractivity contribution >= 4 is 22.3 Å². The van der Waals surface area contributed by atoms with Crippen LogP contribution < -0.4 is 10.6 Å². The van der Waals surface area contributed by atoms with Crippen LogP contribution >= 0.6 is 0 Å². The van der Waals surface area contributed by atoms with Gasteiger partial charge in [-0.1, -0.05) is 19.1 Å². The number of nitrogens with two attached hydrogens (primary N) is 1. The quantitative estimate of drug-likeness (QED) is 0.794. The fraction of sp³-hybridized carbons (Fsp3) is 0.438. The van der Waals surface area contributed by atoms with E-state index in [1.165, 1.54) is 23.9 Å². The van der Waals surface area contributed by atoms with E-state index in [2.05, 4.69) is 35.9 Å². The van der Waals surface area contributed by atoms with Gasteiger partial charge in [-0.05, 0) is 37.8 Å². The number of anilines is 2. The molecule has 0 spiro atoms. The first kappa shape index (κ1) is 12.3. The average molecular weight is 255 g/mol. The maximum atomic E-state index is 6.03. The van der Waals surface area contributed by atoms with Crippen LogP contribution in [0.1, 0.15) is 26.7 Å². The monoisotopic (exact) mass is 255 g/mol. The summed E-state index contributed by atoms with van der Waals surface area (Å²) in [5.74, 6) is 0.824. The van der Waals surface area contributed by atoms with Crippen LogP contribution in [0.3, 0.4) is 0 Å². The Morgan fingerprint density at radius 1 is 1.26 bits per heavy atom. The number of nitrogens with zero attached hydrogens (tertiary/aromatic N) is 2. The lowest BCUT2D eigenvalue weighted by Crippen LogP contribution is -2.40. The van der Waals surface area contributed by atoms with E-state index >= 15 is 0 Å². The lowest BCUT2D eigenvalue weighted by atomic mass is 9.92. The van der Waals surface area contributed by atoms with Gasteiger partial charge in [0, 0.05) is 29.9 Å². The van der Waals surface area contributed by atoms with E-state index in [1.807, 2.05) is 18.3 Å². The summed E-state index contributed by atoms with van der Waals surface area (Å²) < 4.78 is 0. The lowest BCUT2D eigenvalue weighted by molar-refractivity contribution is 0.378. The third kappa shape index (κ3) is 2.14. The van der Waals surface area contributed by atoms with E-state index in [4.69, 9.17) is 5.73 Å². The summed E-state index contributed by atoms with van der Waals surface area (Å²) in [6.45, 7) is 5.78. The molecule has 2 unspecified atom stereocenters. The predicted octanol–water partition coefficient (Wildman–Crippen LogP) is 3.44. The van der Waals surface area contributed by atoms with Gasteiger partial charge in [-0.15, -0.1) is 0 Å². The van der Waals surface area contributed by atoms with Crippen LogP contribution in [-0.4, -0.2) is 17.6 Å².